The zero-order chi connectivity index (χ0) is 63.3. The van der Waals surface area contributed by atoms with Gasteiger partial charge in [0.25, 0.3) is 0 Å². The number of unbranched alkanes of at least 4 members (excludes halogenated alkanes) is 45. The van der Waals surface area contributed by atoms with Gasteiger partial charge >= 0.3 is 11.9 Å². The van der Waals surface area contributed by atoms with Gasteiger partial charge in [0.1, 0.15) is 6.61 Å². The maximum Gasteiger partial charge on any atom is 0.306 e. The molecule has 1 atom stereocenters. The molecular formula is C83H146O5. The zero-order valence-electron chi connectivity index (χ0n) is 58.5. The van der Waals surface area contributed by atoms with Gasteiger partial charge in [-0.3, -0.25) is 9.59 Å². The van der Waals surface area contributed by atoms with Crippen molar-refractivity contribution in [1.82, 2.24) is 0 Å². The Balaban J connectivity index is 3.44. The Hall–Kier alpha value is -3.44. The highest BCUT2D eigenvalue weighted by molar-refractivity contribution is 5.70. The van der Waals surface area contributed by atoms with Crippen LogP contribution in [0.1, 0.15) is 386 Å². The Kier molecular flexibility index (Phi) is 74.8. The minimum Gasteiger partial charge on any atom is -0.462 e. The SMILES string of the molecule is CC/C=C\C/C=C\C/C=C\C/C=C\C/C=C\C/C=C\C/C=C\C/C=C\CCCCCCCCCCC(=O)OC(CO)COC(=O)CCCCCCCCCCCCCCCCCCCCCCCCCCCCCCC/C=C\CCCCCCCCCC. The molecule has 0 aliphatic carbocycles. The standard InChI is InChI=1S/C83H146O5/c1-3-5-7-9-11-13-15-17-19-21-23-25-27-29-31-33-35-37-38-39-40-41-42-43-44-46-47-49-51-53-55-57-59-61-63-65-67-69-71-73-75-77-82(85)87-80-81(79-84)88-83(86)78-76-74-72-70-68-66-64-62-60-58-56-54-52-50-48-45-36-34-32-30-28-26-24-22-20-18-16-14-12-10-8-6-4-2/h6,8,12,14,18,20-21,23-24,26,30,32,36,45,50,52,56,58,81,84H,3-5,7,9-11,13,15-17,19,22,25,27-29,31,33-35,37-44,46-49,51,53-55,57,59-80H2,1-2H3/b8-6-,14-12-,20-18-,23-21-,26-24-,32-30-,45-36-,52-50-,58-56-. The largest absolute Gasteiger partial charge is 0.462 e. The highest BCUT2D eigenvalue weighted by Gasteiger charge is 2.16. The molecule has 5 heteroatoms. The van der Waals surface area contributed by atoms with Crippen LogP contribution in [0.3, 0.4) is 0 Å². The lowest BCUT2D eigenvalue weighted by Gasteiger charge is -2.15. The smallest absolute Gasteiger partial charge is 0.306 e. The number of esters is 2. The van der Waals surface area contributed by atoms with E-state index in [1.807, 2.05) is 0 Å². The number of carbonyl (C=O) groups is 2. The molecule has 0 aromatic rings. The molecule has 0 aliphatic rings. The molecule has 0 amide bonds. The van der Waals surface area contributed by atoms with Crippen molar-refractivity contribution in [1.29, 1.82) is 0 Å². The van der Waals surface area contributed by atoms with Crippen LogP contribution in [0.15, 0.2) is 109 Å². The van der Waals surface area contributed by atoms with Crippen LogP contribution < -0.4 is 0 Å². The maximum absolute atomic E-state index is 12.4. The van der Waals surface area contributed by atoms with E-state index in [1.54, 1.807) is 0 Å². The third kappa shape index (κ3) is 75.0. The van der Waals surface area contributed by atoms with E-state index in [2.05, 4.69) is 123 Å². The highest BCUT2D eigenvalue weighted by atomic mass is 16.6. The summed E-state index contributed by atoms with van der Waals surface area (Å²) in [4.78, 5) is 24.7. The molecule has 0 aliphatic heterocycles. The molecule has 0 heterocycles. The van der Waals surface area contributed by atoms with Crippen LogP contribution in [-0.4, -0.2) is 36.4 Å². The van der Waals surface area contributed by atoms with E-state index in [9.17, 15) is 14.7 Å². The molecule has 1 N–H and O–H groups in total. The Morgan fingerprint density at radius 2 is 0.489 bits per heavy atom. The van der Waals surface area contributed by atoms with Crippen molar-refractivity contribution in [3.8, 4) is 0 Å². The van der Waals surface area contributed by atoms with E-state index in [0.717, 1.165) is 96.3 Å². The second-order valence-electron chi connectivity index (χ2n) is 25.7. The predicted octanol–water partition coefficient (Wildman–Crippen LogP) is 27.1. The summed E-state index contributed by atoms with van der Waals surface area (Å²) in [7, 11) is 0. The molecule has 0 bridgehead atoms. The van der Waals surface area contributed by atoms with Gasteiger partial charge in [0.05, 0.1) is 6.61 Å². The molecule has 0 aromatic heterocycles. The van der Waals surface area contributed by atoms with Crippen molar-refractivity contribution in [3.63, 3.8) is 0 Å². The minimum atomic E-state index is -0.784. The summed E-state index contributed by atoms with van der Waals surface area (Å²) in [6.45, 7) is 4.06. The number of rotatable bonds is 71. The van der Waals surface area contributed by atoms with Crippen LogP contribution in [0.25, 0.3) is 0 Å². The van der Waals surface area contributed by atoms with Gasteiger partial charge in [-0.2, -0.15) is 0 Å². The average Bonchev–Trinajstić information content (AvgIpc) is 3.56. The molecule has 1 unspecified atom stereocenters. The Bertz CT molecular complexity index is 1670. The summed E-state index contributed by atoms with van der Waals surface area (Å²) in [6, 6.07) is 0. The number of hydrogen-bond donors (Lipinski definition) is 1. The Morgan fingerprint density at radius 1 is 0.273 bits per heavy atom. The monoisotopic (exact) mass is 1220 g/mol. The van der Waals surface area contributed by atoms with E-state index in [-0.39, 0.29) is 25.2 Å². The third-order valence-corrected chi connectivity index (χ3v) is 17.1. The lowest BCUT2D eigenvalue weighted by atomic mass is 10.0. The second kappa shape index (κ2) is 77.8. The van der Waals surface area contributed by atoms with Gasteiger partial charge in [-0.25, -0.2) is 0 Å². The molecule has 0 radical (unpaired) electrons. The number of ether oxygens (including phenoxy) is 2. The van der Waals surface area contributed by atoms with E-state index < -0.39 is 6.10 Å². The molecule has 0 aromatic carbocycles. The molecule has 508 valence electrons. The highest BCUT2D eigenvalue weighted by Crippen LogP contribution is 2.19. The molecule has 0 fully saturated rings. The van der Waals surface area contributed by atoms with Crippen molar-refractivity contribution < 1.29 is 24.2 Å². The first-order valence-corrected chi connectivity index (χ1v) is 38.4. The molecule has 0 spiro atoms. The van der Waals surface area contributed by atoms with Crippen molar-refractivity contribution in [3.05, 3.63) is 109 Å². The summed E-state index contributed by atoms with van der Waals surface area (Å²) in [5, 5.41) is 9.72. The van der Waals surface area contributed by atoms with Gasteiger partial charge in [-0.05, 0) is 103 Å². The first-order chi connectivity index (χ1) is 43.6. The lowest BCUT2D eigenvalue weighted by molar-refractivity contribution is -0.161. The first-order valence-electron chi connectivity index (χ1n) is 38.4. The third-order valence-electron chi connectivity index (χ3n) is 17.1. The quantitative estimate of drug-likeness (QED) is 0.0373. The fourth-order valence-corrected chi connectivity index (χ4v) is 11.3. The number of aliphatic hydroxyl groups is 1. The first kappa shape index (κ1) is 84.6. The summed E-state index contributed by atoms with van der Waals surface area (Å²) >= 11 is 0. The normalized spacial score (nSPS) is 12.8. The maximum atomic E-state index is 12.4. The van der Waals surface area contributed by atoms with E-state index >= 15 is 0 Å². The molecule has 0 rings (SSSR count). The predicted molar refractivity (Wildman–Crippen MR) is 389 cm³/mol. The van der Waals surface area contributed by atoms with E-state index in [4.69, 9.17) is 9.47 Å². The van der Waals surface area contributed by atoms with Crippen LogP contribution in [0.2, 0.25) is 0 Å². The number of carbonyl (C=O) groups excluding carboxylic acids is 2. The van der Waals surface area contributed by atoms with Gasteiger partial charge in [0.2, 0.25) is 0 Å². The van der Waals surface area contributed by atoms with Crippen LogP contribution in [0.4, 0.5) is 0 Å². The summed E-state index contributed by atoms with van der Waals surface area (Å²) < 4.78 is 10.8. The average molecular weight is 1220 g/mol. The molecule has 88 heavy (non-hydrogen) atoms. The van der Waals surface area contributed by atoms with Crippen molar-refractivity contribution in [2.24, 2.45) is 0 Å². The summed E-state index contributed by atoms with van der Waals surface area (Å²) in [5.41, 5.74) is 0. The van der Waals surface area contributed by atoms with Gasteiger partial charge in [-0.1, -0.05) is 380 Å². The number of hydrogen-bond acceptors (Lipinski definition) is 5. The zero-order valence-corrected chi connectivity index (χ0v) is 58.5. The van der Waals surface area contributed by atoms with Crippen molar-refractivity contribution >= 4 is 11.9 Å². The van der Waals surface area contributed by atoms with E-state index in [0.29, 0.717) is 12.8 Å². The van der Waals surface area contributed by atoms with Crippen molar-refractivity contribution in [2.45, 2.75) is 392 Å². The molecule has 0 saturated heterocycles. The Labute approximate surface area is 548 Å². The number of aliphatic hydroxyl groups excluding tert-OH is 1. The lowest BCUT2D eigenvalue weighted by Crippen LogP contribution is -2.28. The molecule has 5 nitrogen and oxygen atoms in total. The van der Waals surface area contributed by atoms with E-state index in [1.165, 1.54) is 263 Å². The topological polar surface area (TPSA) is 72.8 Å². The van der Waals surface area contributed by atoms with Gasteiger partial charge in [0, 0.05) is 12.8 Å². The van der Waals surface area contributed by atoms with Gasteiger partial charge in [0.15, 0.2) is 6.10 Å². The Morgan fingerprint density at radius 3 is 0.750 bits per heavy atom. The fourth-order valence-electron chi connectivity index (χ4n) is 11.3. The van der Waals surface area contributed by atoms with Gasteiger partial charge in [-0.15, -0.1) is 0 Å². The van der Waals surface area contributed by atoms with Crippen LogP contribution in [-0.2, 0) is 19.1 Å². The van der Waals surface area contributed by atoms with Crippen LogP contribution >= 0.6 is 0 Å². The molecule has 0 saturated carbocycles. The second-order valence-corrected chi connectivity index (χ2v) is 25.7. The summed E-state index contributed by atoms with van der Waals surface area (Å²) in [6.07, 6.45) is 113. The van der Waals surface area contributed by atoms with Crippen LogP contribution in [0, 0.1) is 0 Å². The fraction of sp³-hybridized carbons (Fsp3) is 0.759. The number of allylic oxidation sites excluding steroid dienone is 18. The summed E-state index contributed by atoms with van der Waals surface area (Å²) in [5.74, 6) is -0.590. The van der Waals surface area contributed by atoms with Gasteiger partial charge < -0.3 is 14.6 Å². The van der Waals surface area contributed by atoms with Crippen LogP contribution in [0.5, 0.6) is 0 Å². The van der Waals surface area contributed by atoms with Crippen molar-refractivity contribution in [2.75, 3.05) is 13.2 Å². The molecular weight excluding hydrogens is 1080 g/mol. The minimum absolute atomic E-state index is 0.0708.